The van der Waals surface area contributed by atoms with Crippen LogP contribution in [-0.4, -0.2) is 24.2 Å². The van der Waals surface area contributed by atoms with E-state index in [1.54, 1.807) is 24.5 Å². The van der Waals surface area contributed by atoms with Crippen LogP contribution in [0.1, 0.15) is 12.0 Å². The molecule has 7 heteroatoms. The molecule has 0 saturated carbocycles. The van der Waals surface area contributed by atoms with Crippen LogP contribution in [0.4, 0.5) is 4.79 Å². The highest BCUT2D eigenvalue weighted by molar-refractivity contribution is 9.10. The molecule has 2 rings (SSSR count). The molecule has 0 saturated heterocycles. The summed E-state index contributed by atoms with van der Waals surface area (Å²) < 4.78 is 6.48. The number of benzene rings is 1. The quantitative estimate of drug-likeness (QED) is 0.698. The largest absolute Gasteiger partial charge is 0.492 e. The number of urea groups is 1. The Hall–Kier alpha value is -1.79. The zero-order valence-corrected chi connectivity index (χ0v) is 14.7. The Morgan fingerprint density at radius 1 is 1.22 bits per heavy atom. The number of amides is 2. The molecule has 0 fully saturated rings. The maximum atomic E-state index is 11.6. The van der Waals surface area contributed by atoms with Crippen LogP contribution in [0.25, 0.3) is 0 Å². The van der Waals surface area contributed by atoms with Gasteiger partial charge in [0.25, 0.3) is 0 Å². The van der Waals surface area contributed by atoms with Crippen molar-refractivity contribution in [2.24, 2.45) is 0 Å². The standard InChI is InChI=1S/C16H17BrClN3O2/c17-13-2-3-15(14(18)10-13)23-9-1-6-20-16(22)21-11-12-4-7-19-8-5-12/h2-5,7-8,10H,1,6,9,11H2,(H2,20,21,22). The molecule has 2 aromatic rings. The van der Waals surface area contributed by atoms with Gasteiger partial charge in [-0.25, -0.2) is 4.79 Å². The van der Waals surface area contributed by atoms with Crippen LogP contribution in [0.15, 0.2) is 47.2 Å². The summed E-state index contributed by atoms with van der Waals surface area (Å²) in [6, 6.07) is 8.96. The van der Waals surface area contributed by atoms with Crippen molar-refractivity contribution in [2.75, 3.05) is 13.2 Å². The SMILES string of the molecule is O=C(NCCCOc1ccc(Br)cc1Cl)NCc1ccncc1. The number of hydrogen-bond donors (Lipinski definition) is 2. The Morgan fingerprint density at radius 3 is 2.74 bits per heavy atom. The summed E-state index contributed by atoms with van der Waals surface area (Å²) in [5, 5.41) is 6.11. The third kappa shape index (κ3) is 6.46. The van der Waals surface area contributed by atoms with E-state index in [1.165, 1.54) is 0 Å². The number of rotatable bonds is 7. The number of nitrogens with one attached hydrogen (secondary N) is 2. The Balaban J connectivity index is 1.59. The average molecular weight is 399 g/mol. The van der Waals surface area contributed by atoms with Gasteiger partial charge in [0.2, 0.25) is 0 Å². The topological polar surface area (TPSA) is 63.2 Å². The number of hydrogen-bond acceptors (Lipinski definition) is 3. The summed E-state index contributed by atoms with van der Waals surface area (Å²) in [6.07, 6.45) is 4.08. The molecule has 0 aliphatic rings. The Bertz CT molecular complexity index is 640. The van der Waals surface area contributed by atoms with Gasteiger partial charge < -0.3 is 15.4 Å². The van der Waals surface area contributed by atoms with E-state index in [9.17, 15) is 4.79 Å². The normalized spacial score (nSPS) is 10.2. The Kier molecular flexibility index (Phi) is 7.16. The van der Waals surface area contributed by atoms with E-state index in [2.05, 4.69) is 31.5 Å². The second kappa shape index (κ2) is 9.37. The zero-order valence-electron chi connectivity index (χ0n) is 12.4. The molecule has 1 heterocycles. The molecule has 5 nitrogen and oxygen atoms in total. The van der Waals surface area contributed by atoms with Crippen molar-refractivity contribution in [3.05, 3.63) is 57.8 Å². The third-order valence-corrected chi connectivity index (χ3v) is 3.75. The van der Waals surface area contributed by atoms with E-state index in [4.69, 9.17) is 16.3 Å². The smallest absolute Gasteiger partial charge is 0.315 e. The van der Waals surface area contributed by atoms with Crippen LogP contribution in [0.5, 0.6) is 5.75 Å². The first-order valence-corrected chi connectivity index (χ1v) is 8.30. The molecule has 1 aromatic carbocycles. The van der Waals surface area contributed by atoms with Gasteiger partial charge in [0.15, 0.2) is 0 Å². The number of pyridine rings is 1. The first-order chi connectivity index (χ1) is 11.1. The second-order valence-corrected chi connectivity index (χ2v) is 6.06. The van der Waals surface area contributed by atoms with Crippen molar-refractivity contribution in [2.45, 2.75) is 13.0 Å². The summed E-state index contributed by atoms with van der Waals surface area (Å²) in [6.45, 7) is 1.47. The van der Waals surface area contributed by atoms with Crippen LogP contribution < -0.4 is 15.4 Å². The summed E-state index contributed by atoms with van der Waals surface area (Å²) in [4.78, 5) is 15.6. The molecule has 2 amide bonds. The summed E-state index contributed by atoms with van der Waals surface area (Å²) in [5.41, 5.74) is 1.00. The van der Waals surface area contributed by atoms with Crippen LogP contribution >= 0.6 is 27.5 Å². The lowest BCUT2D eigenvalue weighted by molar-refractivity contribution is 0.238. The number of carbonyl (C=O) groups excluding carboxylic acids is 1. The first kappa shape index (κ1) is 17.6. The second-order valence-electron chi connectivity index (χ2n) is 4.74. The minimum Gasteiger partial charge on any atom is -0.492 e. The zero-order chi connectivity index (χ0) is 16.5. The van der Waals surface area contributed by atoms with Gasteiger partial charge in [0, 0.05) is 30.0 Å². The maximum absolute atomic E-state index is 11.6. The highest BCUT2D eigenvalue weighted by Crippen LogP contribution is 2.27. The number of nitrogens with zero attached hydrogens (tertiary/aromatic N) is 1. The first-order valence-electron chi connectivity index (χ1n) is 7.13. The minimum atomic E-state index is -0.205. The van der Waals surface area contributed by atoms with Gasteiger partial charge in [-0.05, 0) is 42.3 Å². The molecule has 2 N–H and O–H groups in total. The molecule has 0 bridgehead atoms. The number of carbonyl (C=O) groups is 1. The fourth-order valence-corrected chi connectivity index (χ4v) is 2.52. The number of aromatic nitrogens is 1. The van der Waals surface area contributed by atoms with E-state index in [-0.39, 0.29) is 6.03 Å². The van der Waals surface area contributed by atoms with E-state index in [0.29, 0.717) is 36.9 Å². The van der Waals surface area contributed by atoms with Gasteiger partial charge in [-0.1, -0.05) is 27.5 Å². The van der Waals surface area contributed by atoms with Crippen molar-refractivity contribution in [3.63, 3.8) is 0 Å². The van der Waals surface area contributed by atoms with Crippen LogP contribution in [0, 0.1) is 0 Å². The minimum absolute atomic E-state index is 0.205. The molecule has 0 atom stereocenters. The van der Waals surface area contributed by atoms with Crippen LogP contribution in [-0.2, 0) is 6.54 Å². The highest BCUT2D eigenvalue weighted by Gasteiger charge is 2.03. The van der Waals surface area contributed by atoms with E-state index in [0.717, 1.165) is 10.0 Å². The van der Waals surface area contributed by atoms with Gasteiger partial charge in [-0.3, -0.25) is 4.98 Å². The van der Waals surface area contributed by atoms with Crippen molar-refractivity contribution < 1.29 is 9.53 Å². The molecular weight excluding hydrogens is 382 g/mol. The average Bonchev–Trinajstić information content (AvgIpc) is 2.55. The molecule has 23 heavy (non-hydrogen) atoms. The third-order valence-electron chi connectivity index (χ3n) is 2.96. The van der Waals surface area contributed by atoms with Gasteiger partial charge in [-0.15, -0.1) is 0 Å². The van der Waals surface area contributed by atoms with Gasteiger partial charge in [0.1, 0.15) is 5.75 Å². The van der Waals surface area contributed by atoms with E-state index in [1.807, 2.05) is 18.2 Å². The van der Waals surface area contributed by atoms with E-state index < -0.39 is 0 Å². The van der Waals surface area contributed by atoms with Gasteiger partial charge in [0.05, 0.1) is 11.6 Å². The van der Waals surface area contributed by atoms with Crippen molar-refractivity contribution >= 4 is 33.6 Å². The molecule has 0 unspecified atom stereocenters. The molecular formula is C16H17BrClN3O2. The molecule has 0 spiro atoms. The Morgan fingerprint density at radius 2 is 2.00 bits per heavy atom. The molecule has 1 aromatic heterocycles. The van der Waals surface area contributed by atoms with Crippen molar-refractivity contribution in [1.29, 1.82) is 0 Å². The summed E-state index contributed by atoms with van der Waals surface area (Å²) in [5.74, 6) is 0.636. The van der Waals surface area contributed by atoms with Gasteiger partial charge >= 0.3 is 6.03 Å². The lowest BCUT2D eigenvalue weighted by atomic mass is 10.3. The summed E-state index contributed by atoms with van der Waals surface area (Å²) in [7, 11) is 0. The molecule has 122 valence electrons. The maximum Gasteiger partial charge on any atom is 0.315 e. The van der Waals surface area contributed by atoms with Crippen LogP contribution in [0.3, 0.4) is 0 Å². The monoisotopic (exact) mass is 397 g/mol. The van der Waals surface area contributed by atoms with Gasteiger partial charge in [-0.2, -0.15) is 0 Å². The number of halogens is 2. The fraction of sp³-hybridized carbons (Fsp3) is 0.250. The lowest BCUT2D eigenvalue weighted by Crippen LogP contribution is -2.36. The Labute approximate surface area is 148 Å². The molecule has 0 aliphatic carbocycles. The molecule has 0 aliphatic heterocycles. The van der Waals surface area contributed by atoms with E-state index >= 15 is 0 Å². The van der Waals surface area contributed by atoms with Crippen molar-refractivity contribution in [1.82, 2.24) is 15.6 Å². The predicted octanol–water partition coefficient (Wildman–Crippen LogP) is 3.77. The predicted molar refractivity (Wildman–Crippen MR) is 93.7 cm³/mol. The van der Waals surface area contributed by atoms with Crippen LogP contribution in [0.2, 0.25) is 5.02 Å². The number of ether oxygens (including phenoxy) is 1. The lowest BCUT2D eigenvalue weighted by Gasteiger charge is -2.10. The molecule has 0 radical (unpaired) electrons. The highest BCUT2D eigenvalue weighted by atomic mass is 79.9. The fourth-order valence-electron chi connectivity index (χ4n) is 1.79. The van der Waals surface area contributed by atoms with Crippen molar-refractivity contribution in [3.8, 4) is 5.75 Å². The summed E-state index contributed by atoms with van der Waals surface area (Å²) >= 11 is 9.39.